The molecule has 6 nitrogen and oxygen atoms in total. The van der Waals surface area contributed by atoms with E-state index in [9.17, 15) is 18.8 Å². The fraction of sp³-hybridized carbons (Fsp3) is 0.304. The zero-order valence-electron chi connectivity index (χ0n) is 16.9. The highest BCUT2D eigenvalue weighted by atomic mass is 79.9. The molecule has 0 spiro atoms. The van der Waals surface area contributed by atoms with Crippen LogP contribution in [0.5, 0.6) is 0 Å². The minimum absolute atomic E-state index is 0.00776. The summed E-state index contributed by atoms with van der Waals surface area (Å²) >= 11 is 3.28. The fourth-order valence-corrected chi connectivity index (χ4v) is 4.49. The Balaban J connectivity index is 1.55. The number of Topliss-reactive ketones (excluding diaryl/α,β-unsaturated/α-hetero) is 2. The average molecular weight is 486 g/mol. The number of amides is 1. The number of halogens is 2. The van der Waals surface area contributed by atoms with Gasteiger partial charge in [-0.2, -0.15) is 0 Å². The maximum absolute atomic E-state index is 14.2. The molecule has 1 amide bonds. The lowest BCUT2D eigenvalue weighted by atomic mass is 10.0. The summed E-state index contributed by atoms with van der Waals surface area (Å²) in [5.41, 5.74) is 2.45. The van der Waals surface area contributed by atoms with Gasteiger partial charge < -0.3 is 9.30 Å². The topological polar surface area (TPSA) is 71.8 Å². The van der Waals surface area contributed by atoms with E-state index in [1.54, 1.807) is 34.9 Å². The van der Waals surface area contributed by atoms with Gasteiger partial charge in [0, 0.05) is 29.6 Å². The van der Waals surface area contributed by atoms with Gasteiger partial charge in [-0.05, 0) is 53.2 Å². The maximum Gasteiger partial charge on any atom is 0.229 e. The van der Waals surface area contributed by atoms with E-state index < -0.39 is 12.2 Å². The lowest BCUT2D eigenvalue weighted by molar-refractivity contribution is -0.137. The monoisotopic (exact) mass is 485 g/mol. The van der Waals surface area contributed by atoms with Crippen molar-refractivity contribution in [2.24, 2.45) is 0 Å². The van der Waals surface area contributed by atoms with E-state index >= 15 is 0 Å². The van der Waals surface area contributed by atoms with Gasteiger partial charge >= 0.3 is 0 Å². The van der Waals surface area contributed by atoms with Crippen LogP contribution in [0.25, 0.3) is 5.52 Å². The molecule has 8 heteroatoms. The smallest absolute Gasteiger partial charge is 0.229 e. The quantitative estimate of drug-likeness (QED) is 0.395. The summed E-state index contributed by atoms with van der Waals surface area (Å²) in [6, 6.07) is 11.6. The van der Waals surface area contributed by atoms with E-state index in [4.69, 9.17) is 0 Å². The first kappa shape index (κ1) is 21.4. The highest BCUT2D eigenvalue weighted by Crippen LogP contribution is 2.25. The molecule has 1 aliphatic rings. The van der Waals surface area contributed by atoms with Gasteiger partial charge in [-0.1, -0.05) is 12.1 Å². The molecular formula is C23H21BrFN3O3. The second-order valence-corrected chi connectivity index (χ2v) is 8.54. The van der Waals surface area contributed by atoms with Crippen molar-refractivity contribution in [3.8, 4) is 0 Å². The summed E-state index contributed by atoms with van der Waals surface area (Å²) in [5.74, 6) is -0.662. The van der Waals surface area contributed by atoms with Crippen LogP contribution in [0.15, 0.2) is 53.3 Å². The molecule has 2 atom stereocenters. The highest BCUT2D eigenvalue weighted by Gasteiger charge is 2.39. The number of alkyl halides is 1. The van der Waals surface area contributed by atoms with Gasteiger partial charge in [-0.25, -0.2) is 9.37 Å². The molecule has 160 valence electrons. The Morgan fingerprint density at radius 1 is 1.16 bits per heavy atom. The minimum Gasteiger partial charge on any atom is -0.329 e. The summed E-state index contributed by atoms with van der Waals surface area (Å²) in [6.45, 7) is 1.37. The Morgan fingerprint density at radius 2 is 1.97 bits per heavy atom. The molecule has 0 unspecified atom stereocenters. The molecule has 1 fully saturated rings. The number of aromatic nitrogens is 2. The molecular weight excluding hydrogens is 465 g/mol. The van der Waals surface area contributed by atoms with Gasteiger partial charge in [0.25, 0.3) is 0 Å². The Hall–Kier alpha value is -2.87. The van der Waals surface area contributed by atoms with Crippen molar-refractivity contribution in [3.05, 3.63) is 70.2 Å². The molecule has 0 bridgehead atoms. The standard InChI is InChI=1S/C23H21BrFN3O3/c1-14(29)18-11-17(27-8-3-2-6-19(18)27)12-23(31)28-13-15(25)9-20(28)21(30)10-16-5-4-7-22(24)26-16/h2-8,11,15,20H,9-10,12-13H2,1H3/t15-,20+/m1/s1. The molecule has 0 aromatic carbocycles. The number of pyridine rings is 2. The largest absolute Gasteiger partial charge is 0.329 e. The molecule has 0 radical (unpaired) electrons. The van der Waals surface area contributed by atoms with Crippen molar-refractivity contribution in [1.82, 2.24) is 14.3 Å². The molecule has 0 N–H and O–H groups in total. The molecule has 3 aromatic heterocycles. The number of likely N-dealkylation sites (tertiary alicyclic amines) is 1. The van der Waals surface area contributed by atoms with Gasteiger partial charge in [0.2, 0.25) is 5.91 Å². The number of rotatable bonds is 6. The molecule has 1 aliphatic heterocycles. The molecule has 4 heterocycles. The molecule has 1 saturated heterocycles. The molecule has 0 aliphatic carbocycles. The third kappa shape index (κ3) is 4.44. The Bertz CT molecular complexity index is 1180. The summed E-state index contributed by atoms with van der Waals surface area (Å²) in [7, 11) is 0. The van der Waals surface area contributed by atoms with Crippen LogP contribution in [0.4, 0.5) is 4.39 Å². The van der Waals surface area contributed by atoms with E-state index in [0.717, 1.165) is 5.52 Å². The summed E-state index contributed by atoms with van der Waals surface area (Å²) in [5, 5.41) is 0. The van der Waals surface area contributed by atoms with E-state index in [1.807, 2.05) is 18.2 Å². The number of ketones is 2. The van der Waals surface area contributed by atoms with Gasteiger partial charge in [0.05, 0.1) is 30.9 Å². The lowest BCUT2D eigenvalue weighted by Crippen LogP contribution is -2.42. The number of carbonyl (C=O) groups is 3. The first-order chi connectivity index (χ1) is 14.8. The minimum atomic E-state index is -1.25. The van der Waals surface area contributed by atoms with Crippen LogP contribution in [0, 0.1) is 0 Å². The van der Waals surface area contributed by atoms with Gasteiger partial charge in [0.1, 0.15) is 10.8 Å². The second-order valence-electron chi connectivity index (χ2n) is 7.73. The molecule has 3 aromatic rings. The van der Waals surface area contributed by atoms with Crippen molar-refractivity contribution < 1.29 is 18.8 Å². The number of nitrogens with zero attached hydrogens (tertiary/aromatic N) is 3. The highest BCUT2D eigenvalue weighted by molar-refractivity contribution is 9.10. The summed E-state index contributed by atoms with van der Waals surface area (Å²) in [6.07, 6.45) is 0.540. The Kier molecular flexibility index (Phi) is 6.00. The normalized spacial score (nSPS) is 18.5. The van der Waals surface area contributed by atoms with Crippen LogP contribution in [0.3, 0.4) is 0 Å². The van der Waals surface area contributed by atoms with Crippen LogP contribution in [-0.2, 0) is 22.4 Å². The van der Waals surface area contributed by atoms with E-state index in [2.05, 4.69) is 20.9 Å². The zero-order chi connectivity index (χ0) is 22.1. The first-order valence-electron chi connectivity index (χ1n) is 10.0. The van der Waals surface area contributed by atoms with E-state index in [1.165, 1.54) is 11.8 Å². The summed E-state index contributed by atoms with van der Waals surface area (Å²) in [4.78, 5) is 43.5. The molecule has 4 rings (SSSR count). The Morgan fingerprint density at radius 3 is 2.71 bits per heavy atom. The maximum atomic E-state index is 14.2. The number of carbonyl (C=O) groups excluding carboxylic acids is 3. The third-order valence-corrected chi connectivity index (χ3v) is 5.98. The van der Waals surface area contributed by atoms with Crippen molar-refractivity contribution >= 4 is 38.9 Å². The second kappa shape index (κ2) is 8.70. The predicted molar refractivity (Wildman–Crippen MR) is 117 cm³/mol. The van der Waals surface area contributed by atoms with Crippen LogP contribution in [0.1, 0.15) is 35.1 Å². The van der Waals surface area contributed by atoms with E-state index in [0.29, 0.717) is 21.6 Å². The number of fused-ring (bicyclic) bond motifs is 1. The zero-order valence-corrected chi connectivity index (χ0v) is 18.5. The van der Waals surface area contributed by atoms with Gasteiger partial charge in [0.15, 0.2) is 11.6 Å². The van der Waals surface area contributed by atoms with Crippen molar-refractivity contribution in [3.63, 3.8) is 0 Å². The van der Waals surface area contributed by atoms with Gasteiger partial charge in [-0.15, -0.1) is 0 Å². The van der Waals surface area contributed by atoms with Crippen molar-refractivity contribution in [2.45, 2.75) is 38.4 Å². The van der Waals surface area contributed by atoms with Crippen LogP contribution >= 0.6 is 15.9 Å². The van der Waals surface area contributed by atoms with Crippen LogP contribution < -0.4 is 0 Å². The SMILES string of the molecule is CC(=O)c1cc(CC(=O)N2C[C@H](F)C[C@H]2C(=O)Cc2cccc(Br)n2)n2ccccc12. The van der Waals surface area contributed by atoms with Crippen LogP contribution in [0.2, 0.25) is 0 Å². The third-order valence-electron chi connectivity index (χ3n) is 5.54. The molecule has 0 saturated carbocycles. The Labute approximate surface area is 187 Å². The molecule has 31 heavy (non-hydrogen) atoms. The average Bonchev–Trinajstić information content (AvgIpc) is 3.29. The fourth-order valence-electron chi connectivity index (χ4n) is 4.11. The van der Waals surface area contributed by atoms with Crippen molar-refractivity contribution in [2.75, 3.05) is 6.54 Å². The first-order valence-corrected chi connectivity index (χ1v) is 10.8. The number of hydrogen-bond donors (Lipinski definition) is 0. The number of hydrogen-bond acceptors (Lipinski definition) is 4. The lowest BCUT2D eigenvalue weighted by Gasteiger charge is -2.23. The van der Waals surface area contributed by atoms with E-state index in [-0.39, 0.29) is 43.3 Å². The predicted octanol–water partition coefficient (Wildman–Crippen LogP) is 3.59. The van der Waals surface area contributed by atoms with Crippen LogP contribution in [-0.4, -0.2) is 50.5 Å². The van der Waals surface area contributed by atoms with Crippen molar-refractivity contribution in [1.29, 1.82) is 0 Å². The van der Waals surface area contributed by atoms with Gasteiger partial charge in [-0.3, -0.25) is 14.4 Å². The summed E-state index contributed by atoms with van der Waals surface area (Å²) < 4.78 is 16.6.